The largest absolute Gasteiger partial charge is 0.479 e. The number of hydrogen-bond acceptors (Lipinski definition) is 5. The summed E-state index contributed by atoms with van der Waals surface area (Å²) in [6, 6.07) is 15.2. The number of esters is 1. The number of rotatable bonds is 6. The van der Waals surface area contributed by atoms with Crippen molar-refractivity contribution in [2.75, 3.05) is 11.9 Å². The molecule has 0 saturated heterocycles. The number of halogens is 1. The van der Waals surface area contributed by atoms with Crippen molar-refractivity contribution in [3.05, 3.63) is 59.1 Å². The Labute approximate surface area is 149 Å². The highest BCUT2D eigenvalue weighted by atomic mass is 35.5. The molecule has 0 radical (unpaired) electrons. The Balaban J connectivity index is 1.86. The quantitative estimate of drug-likeness (QED) is 0.801. The van der Waals surface area contributed by atoms with Gasteiger partial charge in [-0.1, -0.05) is 29.8 Å². The van der Waals surface area contributed by atoms with Gasteiger partial charge in [-0.25, -0.2) is 4.79 Å². The summed E-state index contributed by atoms with van der Waals surface area (Å²) in [5, 5.41) is 11.9. The van der Waals surface area contributed by atoms with Crippen molar-refractivity contribution < 1.29 is 19.1 Å². The minimum Gasteiger partial charge on any atom is -0.479 e. The van der Waals surface area contributed by atoms with E-state index < -0.39 is 24.6 Å². The molecule has 0 heterocycles. The number of benzene rings is 2. The van der Waals surface area contributed by atoms with Crippen molar-refractivity contribution in [1.82, 2.24) is 0 Å². The number of hydrogen-bond donors (Lipinski definition) is 1. The first-order chi connectivity index (χ1) is 12.0. The van der Waals surface area contributed by atoms with Gasteiger partial charge in [0, 0.05) is 5.02 Å². The highest BCUT2D eigenvalue weighted by molar-refractivity contribution is 6.31. The average molecular weight is 359 g/mol. The van der Waals surface area contributed by atoms with Crippen LogP contribution in [0, 0.1) is 11.3 Å². The van der Waals surface area contributed by atoms with Gasteiger partial charge in [-0.2, -0.15) is 5.26 Å². The number of para-hydroxylation sites is 1. The fourth-order valence-corrected chi connectivity index (χ4v) is 2.08. The Morgan fingerprint density at radius 1 is 1.24 bits per heavy atom. The van der Waals surface area contributed by atoms with Crippen LogP contribution in [0.2, 0.25) is 5.02 Å². The van der Waals surface area contributed by atoms with Crippen molar-refractivity contribution in [3.63, 3.8) is 0 Å². The molecule has 0 aliphatic rings. The van der Waals surface area contributed by atoms with Crippen molar-refractivity contribution in [3.8, 4) is 11.8 Å². The Morgan fingerprint density at radius 2 is 1.96 bits per heavy atom. The summed E-state index contributed by atoms with van der Waals surface area (Å²) in [5.41, 5.74) is 0.509. The maximum atomic E-state index is 11.9. The zero-order chi connectivity index (χ0) is 18.2. The molecule has 1 atom stereocenters. The van der Waals surface area contributed by atoms with Gasteiger partial charge in [0.05, 0.1) is 11.3 Å². The van der Waals surface area contributed by atoms with Crippen LogP contribution in [0.1, 0.15) is 12.5 Å². The predicted molar refractivity (Wildman–Crippen MR) is 92.3 cm³/mol. The molecule has 0 spiro atoms. The lowest BCUT2D eigenvalue weighted by Gasteiger charge is -2.14. The zero-order valence-electron chi connectivity index (χ0n) is 13.4. The molecule has 0 unspecified atom stereocenters. The molecule has 2 aromatic rings. The first kappa shape index (κ1) is 18.3. The molecule has 0 aliphatic carbocycles. The number of carbonyl (C=O) groups excluding carboxylic acids is 2. The summed E-state index contributed by atoms with van der Waals surface area (Å²) in [7, 11) is 0. The highest BCUT2D eigenvalue weighted by Gasteiger charge is 2.18. The fourth-order valence-electron chi connectivity index (χ4n) is 1.91. The molecule has 0 aromatic heterocycles. The molecule has 7 heteroatoms. The lowest BCUT2D eigenvalue weighted by molar-refractivity contribution is -0.153. The molecule has 2 aromatic carbocycles. The second kappa shape index (κ2) is 8.71. The third kappa shape index (κ3) is 5.52. The lowest BCUT2D eigenvalue weighted by Crippen LogP contribution is -2.29. The molecule has 0 saturated carbocycles. The molecular formula is C18H15ClN2O4. The van der Waals surface area contributed by atoms with Crippen molar-refractivity contribution >= 4 is 29.2 Å². The summed E-state index contributed by atoms with van der Waals surface area (Å²) in [6.45, 7) is 1.02. The number of ether oxygens (including phenoxy) is 2. The standard InChI is InChI=1S/C18H15ClN2O4/c1-12(25-15-5-3-2-4-6-15)18(23)24-11-17(22)21-16-9-14(19)8-7-13(16)10-20/h2-9,12H,11H2,1H3,(H,21,22)/t12-/m0/s1. The molecule has 6 nitrogen and oxygen atoms in total. The number of carbonyl (C=O) groups is 2. The van der Waals surface area contributed by atoms with E-state index in [1.807, 2.05) is 12.1 Å². The molecule has 1 N–H and O–H groups in total. The third-order valence-corrected chi connectivity index (χ3v) is 3.34. The van der Waals surface area contributed by atoms with Gasteiger partial charge >= 0.3 is 5.97 Å². The van der Waals surface area contributed by atoms with E-state index in [2.05, 4.69) is 5.32 Å². The van der Waals surface area contributed by atoms with Crippen LogP contribution in [0.5, 0.6) is 5.75 Å². The van der Waals surface area contributed by atoms with Gasteiger partial charge in [0.2, 0.25) is 0 Å². The first-order valence-electron chi connectivity index (χ1n) is 7.37. The van der Waals surface area contributed by atoms with Gasteiger partial charge in [-0.3, -0.25) is 4.79 Å². The highest BCUT2D eigenvalue weighted by Crippen LogP contribution is 2.20. The number of nitrogens with one attached hydrogen (secondary N) is 1. The van der Waals surface area contributed by atoms with E-state index in [9.17, 15) is 9.59 Å². The van der Waals surface area contributed by atoms with Gasteiger partial charge in [-0.15, -0.1) is 0 Å². The van der Waals surface area contributed by atoms with Crippen LogP contribution < -0.4 is 10.1 Å². The van der Waals surface area contributed by atoms with Gasteiger partial charge in [0.25, 0.3) is 5.91 Å². The maximum Gasteiger partial charge on any atom is 0.347 e. The first-order valence-corrected chi connectivity index (χ1v) is 7.75. The van der Waals surface area contributed by atoms with Gasteiger partial charge in [0.15, 0.2) is 12.7 Å². The third-order valence-electron chi connectivity index (χ3n) is 3.11. The normalized spacial score (nSPS) is 11.1. The van der Waals surface area contributed by atoms with Crippen LogP contribution in [0.4, 0.5) is 5.69 Å². The van der Waals surface area contributed by atoms with E-state index in [1.54, 1.807) is 30.3 Å². The number of nitrogens with zero attached hydrogens (tertiary/aromatic N) is 1. The monoisotopic (exact) mass is 358 g/mol. The second-order valence-corrected chi connectivity index (χ2v) is 5.47. The average Bonchev–Trinajstić information content (AvgIpc) is 2.60. The Hall–Kier alpha value is -3.04. The predicted octanol–water partition coefficient (Wildman–Crippen LogP) is 3.16. The summed E-state index contributed by atoms with van der Waals surface area (Å²) in [4.78, 5) is 23.8. The van der Waals surface area contributed by atoms with Crippen molar-refractivity contribution in [1.29, 1.82) is 5.26 Å². The fraction of sp³-hybridized carbons (Fsp3) is 0.167. The van der Waals surface area contributed by atoms with Gasteiger partial charge in [-0.05, 0) is 37.3 Å². The molecule has 0 bridgehead atoms. The number of amides is 1. The van der Waals surface area contributed by atoms with Gasteiger partial charge in [0.1, 0.15) is 11.8 Å². The minimum absolute atomic E-state index is 0.254. The van der Waals surface area contributed by atoms with Crippen LogP contribution in [-0.4, -0.2) is 24.6 Å². The van der Waals surface area contributed by atoms with E-state index in [0.29, 0.717) is 10.8 Å². The Kier molecular flexibility index (Phi) is 6.38. The zero-order valence-corrected chi connectivity index (χ0v) is 14.1. The van der Waals surface area contributed by atoms with Crippen LogP contribution >= 0.6 is 11.6 Å². The Bertz CT molecular complexity index is 802. The molecule has 1 amide bonds. The van der Waals surface area contributed by atoms with Crippen molar-refractivity contribution in [2.24, 2.45) is 0 Å². The smallest absolute Gasteiger partial charge is 0.347 e. The molecule has 128 valence electrons. The molecule has 25 heavy (non-hydrogen) atoms. The number of anilines is 1. The summed E-state index contributed by atoms with van der Waals surface area (Å²) >= 11 is 5.84. The van der Waals surface area contributed by atoms with Crippen LogP contribution in [0.15, 0.2) is 48.5 Å². The van der Waals surface area contributed by atoms with Crippen molar-refractivity contribution in [2.45, 2.75) is 13.0 Å². The minimum atomic E-state index is -0.865. The molecular weight excluding hydrogens is 344 g/mol. The summed E-state index contributed by atoms with van der Waals surface area (Å²) in [6.07, 6.45) is -0.865. The lowest BCUT2D eigenvalue weighted by atomic mass is 10.2. The molecule has 2 rings (SSSR count). The van der Waals surface area contributed by atoms with E-state index in [1.165, 1.54) is 19.1 Å². The van der Waals surface area contributed by atoms with Crippen LogP contribution in [0.3, 0.4) is 0 Å². The SMILES string of the molecule is C[C@H](Oc1ccccc1)C(=O)OCC(=O)Nc1cc(Cl)ccc1C#N. The van der Waals surface area contributed by atoms with Crippen LogP contribution in [-0.2, 0) is 14.3 Å². The second-order valence-electron chi connectivity index (χ2n) is 5.03. The maximum absolute atomic E-state index is 11.9. The van der Waals surface area contributed by atoms with E-state index >= 15 is 0 Å². The molecule has 0 aliphatic heterocycles. The van der Waals surface area contributed by atoms with E-state index in [4.69, 9.17) is 26.3 Å². The van der Waals surface area contributed by atoms with E-state index in [-0.39, 0.29) is 11.3 Å². The Morgan fingerprint density at radius 3 is 2.64 bits per heavy atom. The van der Waals surface area contributed by atoms with E-state index in [0.717, 1.165) is 0 Å². The number of nitriles is 1. The summed E-state index contributed by atoms with van der Waals surface area (Å²) < 4.78 is 10.3. The van der Waals surface area contributed by atoms with Gasteiger partial charge < -0.3 is 14.8 Å². The topological polar surface area (TPSA) is 88.4 Å². The molecule has 0 fully saturated rings. The summed E-state index contributed by atoms with van der Waals surface area (Å²) in [5.74, 6) is -0.737. The van der Waals surface area contributed by atoms with Crippen LogP contribution in [0.25, 0.3) is 0 Å².